The Hall–Kier alpha value is -1.59. The molecule has 2 atom stereocenters. The number of carbonyl (C=O) groups is 1. The van der Waals surface area contributed by atoms with Gasteiger partial charge in [0.15, 0.2) is 0 Å². The number of carbonyl (C=O) groups excluding carboxylic acids is 1. The van der Waals surface area contributed by atoms with E-state index < -0.39 is 5.60 Å². The SMILES string of the molecule is C[C@H](NC(=O)OC(C)(C)C)c1ccc(CN2CCN3CCCCC3C2)cc1. The van der Waals surface area contributed by atoms with Gasteiger partial charge in [-0.25, -0.2) is 4.79 Å². The van der Waals surface area contributed by atoms with Crippen molar-refractivity contribution in [3.05, 3.63) is 35.4 Å². The van der Waals surface area contributed by atoms with Crippen LogP contribution >= 0.6 is 0 Å². The van der Waals surface area contributed by atoms with E-state index in [0.29, 0.717) is 0 Å². The zero-order valence-corrected chi connectivity index (χ0v) is 17.3. The van der Waals surface area contributed by atoms with E-state index in [1.165, 1.54) is 44.5 Å². The molecule has 0 bridgehead atoms. The first-order valence-electron chi connectivity index (χ1n) is 10.3. The van der Waals surface area contributed by atoms with Crippen LogP contribution in [-0.4, -0.2) is 53.7 Å². The van der Waals surface area contributed by atoms with Gasteiger partial charge in [-0.05, 0) is 58.2 Å². The van der Waals surface area contributed by atoms with Gasteiger partial charge in [0.1, 0.15) is 5.60 Å². The van der Waals surface area contributed by atoms with E-state index >= 15 is 0 Å². The van der Waals surface area contributed by atoms with Gasteiger partial charge in [-0.15, -0.1) is 0 Å². The summed E-state index contributed by atoms with van der Waals surface area (Å²) >= 11 is 0. The smallest absolute Gasteiger partial charge is 0.408 e. The largest absolute Gasteiger partial charge is 0.444 e. The third-order valence-electron chi connectivity index (χ3n) is 5.54. The van der Waals surface area contributed by atoms with Crippen LogP contribution in [0.2, 0.25) is 0 Å². The van der Waals surface area contributed by atoms with Crippen LogP contribution in [0.4, 0.5) is 4.79 Å². The van der Waals surface area contributed by atoms with Gasteiger partial charge in [-0.2, -0.15) is 0 Å². The molecular weight excluding hydrogens is 338 g/mol. The molecule has 27 heavy (non-hydrogen) atoms. The number of fused-ring (bicyclic) bond motifs is 1. The summed E-state index contributed by atoms with van der Waals surface area (Å²) in [6.45, 7) is 13.5. The van der Waals surface area contributed by atoms with Crippen LogP contribution in [0.15, 0.2) is 24.3 Å². The van der Waals surface area contributed by atoms with Crippen molar-refractivity contribution in [3.63, 3.8) is 0 Å². The molecule has 2 heterocycles. The molecule has 2 saturated heterocycles. The second kappa shape index (κ2) is 8.61. The van der Waals surface area contributed by atoms with E-state index in [0.717, 1.165) is 24.7 Å². The third kappa shape index (κ3) is 5.94. The summed E-state index contributed by atoms with van der Waals surface area (Å²) in [4.78, 5) is 17.2. The summed E-state index contributed by atoms with van der Waals surface area (Å²) in [6.07, 6.45) is 3.73. The number of piperidine rings is 1. The standard InChI is InChI=1S/C22H35N3O2/c1-17(23-21(26)27-22(2,3)4)19-10-8-18(9-11-19)15-24-13-14-25-12-6-5-7-20(25)16-24/h8-11,17,20H,5-7,12-16H2,1-4H3,(H,23,26)/t17-,20?/m0/s1. The van der Waals surface area contributed by atoms with Crippen molar-refractivity contribution in [2.75, 3.05) is 26.2 Å². The fourth-order valence-corrected chi connectivity index (χ4v) is 4.10. The molecular formula is C22H35N3O2. The molecule has 2 aliphatic heterocycles. The second-order valence-corrected chi connectivity index (χ2v) is 9.03. The van der Waals surface area contributed by atoms with Crippen LogP contribution in [0.3, 0.4) is 0 Å². The minimum atomic E-state index is -0.476. The topological polar surface area (TPSA) is 44.8 Å². The van der Waals surface area contributed by atoms with E-state index in [2.05, 4.69) is 39.4 Å². The first-order valence-corrected chi connectivity index (χ1v) is 10.3. The van der Waals surface area contributed by atoms with Gasteiger partial charge in [0.25, 0.3) is 0 Å². The lowest BCUT2D eigenvalue weighted by molar-refractivity contribution is 0.0457. The van der Waals surface area contributed by atoms with Crippen molar-refractivity contribution >= 4 is 6.09 Å². The normalized spacial score (nSPS) is 22.7. The van der Waals surface area contributed by atoms with Crippen molar-refractivity contribution in [1.29, 1.82) is 0 Å². The molecule has 2 fully saturated rings. The van der Waals surface area contributed by atoms with Crippen molar-refractivity contribution in [3.8, 4) is 0 Å². The van der Waals surface area contributed by atoms with Gasteiger partial charge in [-0.1, -0.05) is 30.7 Å². The monoisotopic (exact) mass is 373 g/mol. The number of nitrogens with one attached hydrogen (secondary N) is 1. The predicted molar refractivity (Wildman–Crippen MR) is 109 cm³/mol. The zero-order chi connectivity index (χ0) is 19.4. The number of ether oxygens (including phenoxy) is 1. The van der Waals surface area contributed by atoms with Crippen molar-refractivity contribution in [1.82, 2.24) is 15.1 Å². The van der Waals surface area contributed by atoms with Gasteiger partial charge in [0, 0.05) is 32.2 Å². The molecule has 0 aliphatic carbocycles. The summed E-state index contributed by atoms with van der Waals surface area (Å²) < 4.78 is 5.34. The number of hydrogen-bond acceptors (Lipinski definition) is 4. The fraction of sp³-hybridized carbons (Fsp3) is 0.682. The van der Waals surface area contributed by atoms with Crippen LogP contribution in [0.1, 0.15) is 64.1 Å². The molecule has 0 saturated carbocycles. The van der Waals surface area contributed by atoms with Crippen LogP contribution in [0, 0.1) is 0 Å². The Bertz CT molecular complexity index is 623. The fourth-order valence-electron chi connectivity index (χ4n) is 4.10. The molecule has 1 aromatic carbocycles. The van der Waals surface area contributed by atoms with E-state index in [1.54, 1.807) is 0 Å². The van der Waals surface area contributed by atoms with E-state index in [1.807, 2.05) is 27.7 Å². The third-order valence-corrected chi connectivity index (χ3v) is 5.54. The maximum absolute atomic E-state index is 11.9. The number of hydrogen-bond donors (Lipinski definition) is 1. The van der Waals surface area contributed by atoms with Gasteiger partial charge >= 0.3 is 6.09 Å². The second-order valence-electron chi connectivity index (χ2n) is 9.03. The highest BCUT2D eigenvalue weighted by Gasteiger charge is 2.28. The van der Waals surface area contributed by atoms with E-state index in [9.17, 15) is 4.79 Å². The summed E-state index contributed by atoms with van der Waals surface area (Å²) in [5, 5.41) is 2.91. The van der Waals surface area contributed by atoms with Crippen molar-refractivity contribution < 1.29 is 9.53 Å². The van der Waals surface area contributed by atoms with Gasteiger partial charge in [0.05, 0.1) is 6.04 Å². The summed E-state index contributed by atoms with van der Waals surface area (Å²) in [5.74, 6) is 0. The molecule has 2 aliphatic rings. The highest BCUT2D eigenvalue weighted by atomic mass is 16.6. The van der Waals surface area contributed by atoms with Crippen LogP contribution in [0.5, 0.6) is 0 Å². The Kier molecular flexibility index (Phi) is 6.43. The average molecular weight is 374 g/mol. The first-order chi connectivity index (χ1) is 12.8. The molecule has 0 radical (unpaired) electrons. The molecule has 3 rings (SSSR count). The van der Waals surface area contributed by atoms with Crippen LogP contribution in [-0.2, 0) is 11.3 Å². The van der Waals surface area contributed by atoms with Crippen LogP contribution in [0.25, 0.3) is 0 Å². The number of amides is 1. The summed E-state index contributed by atoms with van der Waals surface area (Å²) in [5.41, 5.74) is 1.96. The molecule has 5 heteroatoms. The average Bonchev–Trinajstić information content (AvgIpc) is 2.60. The number of alkyl carbamates (subject to hydrolysis) is 1. The quantitative estimate of drug-likeness (QED) is 0.868. The highest BCUT2D eigenvalue weighted by Crippen LogP contribution is 2.22. The van der Waals surface area contributed by atoms with Gasteiger partial charge < -0.3 is 10.1 Å². The number of nitrogens with zero attached hydrogens (tertiary/aromatic N) is 2. The van der Waals surface area contributed by atoms with E-state index in [4.69, 9.17) is 4.74 Å². The van der Waals surface area contributed by atoms with Crippen molar-refractivity contribution in [2.45, 2.75) is 71.2 Å². The number of rotatable bonds is 4. The molecule has 1 amide bonds. The van der Waals surface area contributed by atoms with Crippen molar-refractivity contribution in [2.24, 2.45) is 0 Å². The van der Waals surface area contributed by atoms with E-state index in [-0.39, 0.29) is 12.1 Å². The Labute approximate surface area is 164 Å². The lowest BCUT2D eigenvalue weighted by Gasteiger charge is -2.44. The lowest BCUT2D eigenvalue weighted by Crippen LogP contribution is -2.54. The zero-order valence-electron chi connectivity index (χ0n) is 17.3. The number of benzene rings is 1. The Balaban J connectivity index is 1.50. The molecule has 0 spiro atoms. The lowest BCUT2D eigenvalue weighted by atomic mass is 9.99. The van der Waals surface area contributed by atoms with Gasteiger partial charge in [-0.3, -0.25) is 9.80 Å². The Morgan fingerprint density at radius 3 is 2.63 bits per heavy atom. The molecule has 150 valence electrons. The molecule has 5 nitrogen and oxygen atoms in total. The molecule has 0 aromatic heterocycles. The Morgan fingerprint density at radius 1 is 1.19 bits per heavy atom. The summed E-state index contributed by atoms with van der Waals surface area (Å²) in [6, 6.07) is 9.30. The molecule has 1 aromatic rings. The maximum Gasteiger partial charge on any atom is 0.408 e. The molecule has 1 N–H and O–H groups in total. The minimum Gasteiger partial charge on any atom is -0.444 e. The first kappa shape index (κ1) is 20.2. The Morgan fingerprint density at radius 2 is 1.93 bits per heavy atom. The highest BCUT2D eigenvalue weighted by molar-refractivity contribution is 5.68. The number of piperazine rings is 1. The predicted octanol–water partition coefficient (Wildman–Crippen LogP) is 3.94. The molecule has 1 unspecified atom stereocenters. The maximum atomic E-state index is 11.9. The summed E-state index contributed by atoms with van der Waals surface area (Å²) in [7, 11) is 0. The minimum absolute atomic E-state index is 0.0697. The van der Waals surface area contributed by atoms with Gasteiger partial charge in [0.2, 0.25) is 0 Å². The van der Waals surface area contributed by atoms with Crippen LogP contribution < -0.4 is 5.32 Å².